The fraction of sp³-hybridized carbons (Fsp3) is 0.438. The highest BCUT2D eigenvalue weighted by atomic mass is 35.5. The highest BCUT2D eigenvalue weighted by molar-refractivity contribution is 6.31. The number of carbonyl (C=O) groups is 1. The lowest BCUT2D eigenvalue weighted by Gasteiger charge is -2.34. The summed E-state index contributed by atoms with van der Waals surface area (Å²) < 4.78 is 10.4. The average Bonchev–Trinajstić information content (AvgIpc) is 2.43. The number of halogens is 1. The monoisotopic (exact) mass is 309 g/mol. The van der Waals surface area contributed by atoms with Gasteiger partial charge in [0.2, 0.25) is 0 Å². The Labute approximate surface area is 130 Å². The summed E-state index contributed by atoms with van der Waals surface area (Å²) in [7, 11) is 1.69. The Morgan fingerprint density at radius 2 is 2.24 bits per heavy atom. The first-order valence-corrected chi connectivity index (χ1v) is 7.43. The van der Waals surface area contributed by atoms with E-state index in [2.05, 4.69) is 5.32 Å². The maximum Gasteiger partial charge on any atom is 0.252 e. The predicted molar refractivity (Wildman–Crippen MR) is 83.4 cm³/mol. The molecule has 1 aromatic carbocycles. The number of methoxy groups -OCH3 is 1. The summed E-state index contributed by atoms with van der Waals surface area (Å²) in [5.41, 5.74) is 1.34. The van der Waals surface area contributed by atoms with Gasteiger partial charge in [0.05, 0.1) is 19.0 Å². The van der Waals surface area contributed by atoms with Crippen LogP contribution >= 0.6 is 11.6 Å². The molecule has 1 aliphatic carbocycles. The Morgan fingerprint density at radius 1 is 1.48 bits per heavy atom. The minimum atomic E-state index is -0.117. The van der Waals surface area contributed by atoms with E-state index in [0.29, 0.717) is 17.2 Å². The molecule has 0 atom stereocenters. The van der Waals surface area contributed by atoms with Gasteiger partial charge in [0.25, 0.3) is 5.91 Å². The maximum absolute atomic E-state index is 12.4. The molecule has 21 heavy (non-hydrogen) atoms. The largest absolute Gasteiger partial charge is 0.501 e. The summed E-state index contributed by atoms with van der Waals surface area (Å²) in [6.07, 6.45) is 5.32. The van der Waals surface area contributed by atoms with Crippen LogP contribution in [-0.4, -0.2) is 31.8 Å². The lowest BCUT2D eigenvalue weighted by Crippen LogP contribution is -2.47. The zero-order valence-corrected chi connectivity index (χ0v) is 13.0. The molecule has 1 amide bonds. The number of amides is 1. The van der Waals surface area contributed by atoms with Gasteiger partial charge in [-0.25, -0.2) is 0 Å². The number of hydrogen-bond acceptors (Lipinski definition) is 3. The van der Waals surface area contributed by atoms with Crippen LogP contribution in [0.4, 0.5) is 0 Å². The molecule has 0 saturated heterocycles. The molecule has 1 N–H and O–H groups in total. The van der Waals surface area contributed by atoms with Crippen LogP contribution in [0.15, 0.2) is 24.5 Å². The minimum Gasteiger partial charge on any atom is -0.501 e. The summed E-state index contributed by atoms with van der Waals surface area (Å²) in [5.74, 6) is -0.117. The Balaban J connectivity index is 2.06. The van der Waals surface area contributed by atoms with Gasteiger partial charge in [-0.05, 0) is 43.5 Å². The van der Waals surface area contributed by atoms with Gasteiger partial charge in [-0.2, -0.15) is 0 Å². The third-order valence-corrected chi connectivity index (χ3v) is 3.77. The summed E-state index contributed by atoms with van der Waals surface area (Å²) >= 11 is 6.00. The zero-order valence-electron chi connectivity index (χ0n) is 12.3. The molecule has 0 unspecified atom stereocenters. The SMILES string of the molecule is CCO/C=C/c1ccc(Cl)cc1C(=O)NC1CC(OC)C1. The van der Waals surface area contributed by atoms with E-state index in [-0.39, 0.29) is 18.1 Å². The Kier molecular flexibility index (Phi) is 5.65. The second-order valence-corrected chi connectivity index (χ2v) is 5.43. The summed E-state index contributed by atoms with van der Waals surface area (Å²) in [6.45, 7) is 2.49. The molecule has 1 aliphatic rings. The fourth-order valence-electron chi connectivity index (χ4n) is 2.23. The number of nitrogens with one attached hydrogen (secondary N) is 1. The molecule has 1 aromatic rings. The van der Waals surface area contributed by atoms with Crippen LogP contribution in [0.25, 0.3) is 6.08 Å². The number of carbonyl (C=O) groups excluding carboxylic acids is 1. The first-order valence-electron chi connectivity index (χ1n) is 7.05. The van der Waals surface area contributed by atoms with Crippen LogP contribution in [-0.2, 0) is 9.47 Å². The molecule has 114 valence electrons. The maximum atomic E-state index is 12.4. The van der Waals surface area contributed by atoms with E-state index in [0.717, 1.165) is 18.4 Å². The van der Waals surface area contributed by atoms with Crippen molar-refractivity contribution >= 4 is 23.6 Å². The van der Waals surface area contributed by atoms with Crippen molar-refractivity contribution in [3.63, 3.8) is 0 Å². The Hall–Kier alpha value is -1.52. The number of benzene rings is 1. The molecule has 0 aromatic heterocycles. The van der Waals surface area contributed by atoms with Gasteiger partial charge in [-0.1, -0.05) is 17.7 Å². The quantitative estimate of drug-likeness (QED) is 0.821. The second-order valence-electron chi connectivity index (χ2n) is 4.99. The van der Waals surface area contributed by atoms with Gasteiger partial charge in [-0.15, -0.1) is 0 Å². The standard InChI is InChI=1S/C16H20ClNO3/c1-3-21-7-6-11-4-5-12(17)8-15(11)16(19)18-13-9-14(10-13)20-2/h4-8,13-14H,3,9-10H2,1-2H3,(H,18,19)/b7-6+. The van der Waals surface area contributed by atoms with Gasteiger partial charge in [-0.3, -0.25) is 4.79 Å². The third-order valence-electron chi connectivity index (χ3n) is 3.53. The molecule has 0 bridgehead atoms. The van der Waals surface area contributed by atoms with Crippen molar-refractivity contribution < 1.29 is 14.3 Å². The van der Waals surface area contributed by atoms with E-state index < -0.39 is 0 Å². The second kappa shape index (κ2) is 7.48. The third kappa shape index (κ3) is 4.22. The van der Waals surface area contributed by atoms with E-state index in [1.54, 1.807) is 31.6 Å². The smallest absolute Gasteiger partial charge is 0.252 e. The van der Waals surface area contributed by atoms with Crippen LogP contribution < -0.4 is 5.32 Å². The van der Waals surface area contributed by atoms with E-state index >= 15 is 0 Å². The van der Waals surface area contributed by atoms with Crippen molar-refractivity contribution in [1.29, 1.82) is 0 Å². The normalized spacial score (nSPS) is 21.1. The van der Waals surface area contributed by atoms with Gasteiger partial charge >= 0.3 is 0 Å². The molecule has 2 rings (SSSR count). The van der Waals surface area contributed by atoms with Crippen LogP contribution in [0.3, 0.4) is 0 Å². The first kappa shape index (κ1) is 15.9. The van der Waals surface area contributed by atoms with Crippen molar-refractivity contribution in [3.8, 4) is 0 Å². The molecule has 1 fully saturated rings. The lowest BCUT2D eigenvalue weighted by molar-refractivity contribution is 0.0176. The van der Waals surface area contributed by atoms with E-state index in [1.165, 1.54) is 0 Å². The molecule has 0 aliphatic heterocycles. The summed E-state index contributed by atoms with van der Waals surface area (Å²) in [5, 5.41) is 3.54. The van der Waals surface area contributed by atoms with Crippen molar-refractivity contribution in [2.24, 2.45) is 0 Å². The van der Waals surface area contributed by atoms with Crippen LogP contribution in [0, 0.1) is 0 Å². The molecule has 0 radical (unpaired) electrons. The fourth-order valence-corrected chi connectivity index (χ4v) is 2.40. The van der Waals surface area contributed by atoms with Gasteiger partial charge in [0.1, 0.15) is 0 Å². The Morgan fingerprint density at radius 3 is 2.90 bits per heavy atom. The molecule has 1 saturated carbocycles. The first-order chi connectivity index (χ1) is 10.1. The predicted octanol–water partition coefficient (Wildman–Crippen LogP) is 3.25. The van der Waals surface area contributed by atoms with Crippen LogP contribution in [0.1, 0.15) is 35.7 Å². The van der Waals surface area contributed by atoms with E-state index in [1.807, 2.05) is 13.0 Å². The Bertz CT molecular complexity index is 524. The number of rotatable bonds is 6. The van der Waals surface area contributed by atoms with Crippen molar-refractivity contribution in [1.82, 2.24) is 5.32 Å². The minimum absolute atomic E-state index is 0.117. The highest BCUT2D eigenvalue weighted by Gasteiger charge is 2.30. The van der Waals surface area contributed by atoms with E-state index in [9.17, 15) is 4.79 Å². The lowest BCUT2D eigenvalue weighted by atomic mass is 9.89. The molecule has 0 heterocycles. The topological polar surface area (TPSA) is 47.6 Å². The number of ether oxygens (including phenoxy) is 2. The van der Waals surface area contributed by atoms with Crippen molar-refractivity contribution in [3.05, 3.63) is 40.6 Å². The average molecular weight is 310 g/mol. The summed E-state index contributed by atoms with van der Waals surface area (Å²) in [6, 6.07) is 5.42. The molecule has 4 nitrogen and oxygen atoms in total. The highest BCUT2D eigenvalue weighted by Crippen LogP contribution is 2.24. The van der Waals surface area contributed by atoms with E-state index in [4.69, 9.17) is 21.1 Å². The number of hydrogen-bond donors (Lipinski definition) is 1. The van der Waals surface area contributed by atoms with Crippen molar-refractivity contribution in [2.75, 3.05) is 13.7 Å². The molecule has 0 spiro atoms. The summed E-state index contributed by atoms with van der Waals surface area (Å²) in [4.78, 5) is 12.4. The molecular formula is C16H20ClNO3. The zero-order chi connectivity index (χ0) is 15.2. The van der Waals surface area contributed by atoms with Crippen LogP contribution in [0.2, 0.25) is 5.02 Å². The van der Waals surface area contributed by atoms with Gasteiger partial charge < -0.3 is 14.8 Å². The van der Waals surface area contributed by atoms with Gasteiger partial charge in [0.15, 0.2) is 0 Å². The van der Waals surface area contributed by atoms with Gasteiger partial charge in [0, 0.05) is 23.7 Å². The van der Waals surface area contributed by atoms with Crippen molar-refractivity contribution in [2.45, 2.75) is 31.9 Å². The molecule has 5 heteroatoms. The van der Waals surface area contributed by atoms with Crippen LogP contribution in [0.5, 0.6) is 0 Å². The molecular weight excluding hydrogens is 290 g/mol.